The molecule has 1 rings (SSSR count). The van der Waals surface area contributed by atoms with E-state index >= 15 is 0 Å². The SMILES string of the molecule is CCCCC1OC(=O)CC(=O)OC1(O)O. The third-order valence-electron chi connectivity index (χ3n) is 2.07. The maximum absolute atomic E-state index is 11.0. The minimum Gasteiger partial charge on any atom is -0.452 e. The fourth-order valence-corrected chi connectivity index (χ4v) is 1.30. The molecule has 6 heteroatoms. The summed E-state index contributed by atoms with van der Waals surface area (Å²) >= 11 is 0. The average molecular weight is 218 g/mol. The minimum atomic E-state index is -2.71. The summed E-state index contributed by atoms with van der Waals surface area (Å²) in [5.41, 5.74) is 0. The molecular formula is C9H14O6. The number of carbonyl (C=O) groups excluding carboxylic acids is 2. The van der Waals surface area contributed by atoms with Crippen LogP contribution in [0.15, 0.2) is 0 Å². The van der Waals surface area contributed by atoms with Crippen molar-refractivity contribution >= 4 is 11.9 Å². The Balaban J connectivity index is 2.72. The van der Waals surface area contributed by atoms with Gasteiger partial charge in [-0.15, -0.1) is 0 Å². The van der Waals surface area contributed by atoms with Crippen LogP contribution in [-0.4, -0.2) is 34.2 Å². The smallest absolute Gasteiger partial charge is 0.363 e. The Morgan fingerprint density at radius 1 is 1.40 bits per heavy atom. The van der Waals surface area contributed by atoms with E-state index in [1.807, 2.05) is 6.92 Å². The van der Waals surface area contributed by atoms with Gasteiger partial charge in [0.05, 0.1) is 0 Å². The lowest BCUT2D eigenvalue weighted by Crippen LogP contribution is -2.46. The molecule has 0 amide bonds. The van der Waals surface area contributed by atoms with Crippen molar-refractivity contribution in [2.24, 2.45) is 0 Å². The van der Waals surface area contributed by atoms with E-state index in [0.717, 1.165) is 6.42 Å². The van der Waals surface area contributed by atoms with Gasteiger partial charge in [0, 0.05) is 0 Å². The average Bonchev–Trinajstić information content (AvgIpc) is 2.18. The predicted octanol–water partition coefficient (Wildman–Crippen LogP) is -0.326. The molecule has 1 heterocycles. The number of unbranched alkanes of at least 4 members (excludes halogenated alkanes) is 1. The molecule has 0 aromatic heterocycles. The molecule has 0 saturated carbocycles. The van der Waals surface area contributed by atoms with Gasteiger partial charge in [0.1, 0.15) is 6.42 Å². The van der Waals surface area contributed by atoms with E-state index in [9.17, 15) is 19.8 Å². The van der Waals surface area contributed by atoms with Crippen LogP contribution in [0, 0.1) is 0 Å². The standard InChI is InChI=1S/C9H14O6/c1-2-3-4-6-9(12,13)15-8(11)5-7(10)14-6/h6,12-13H,2-5H2,1H3. The van der Waals surface area contributed by atoms with Gasteiger partial charge in [-0.1, -0.05) is 13.3 Å². The van der Waals surface area contributed by atoms with E-state index in [-0.39, 0.29) is 6.42 Å². The summed E-state index contributed by atoms with van der Waals surface area (Å²) in [6.45, 7) is 1.90. The summed E-state index contributed by atoms with van der Waals surface area (Å²) in [4.78, 5) is 21.9. The lowest BCUT2D eigenvalue weighted by Gasteiger charge is -2.26. The quantitative estimate of drug-likeness (QED) is 0.383. The maximum Gasteiger partial charge on any atom is 0.363 e. The van der Waals surface area contributed by atoms with Gasteiger partial charge in [0.15, 0.2) is 6.10 Å². The molecule has 1 aliphatic rings. The number of hydrogen-bond acceptors (Lipinski definition) is 6. The molecule has 1 aliphatic heterocycles. The number of aliphatic hydroxyl groups is 2. The first kappa shape index (κ1) is 11.9. The Hall–Kier alpha value is -1.14. The zero-order valence-electron chi connectivity index (χ0n) is 8.43. The molecule has 1 unspecified atom stereocenters. The van der Waals surface area contributed by atoms with Crippen LogP contribution in [0.25, 0.3) is 0 Å². The molecule has 86 valence electrons. The highest BCUT2D eigenvalue weighted by Crippen LogP contribution is 2.22. The Morgan fingerprint density at radius 3 is 2.67 bits per heavy atom. The van der Waals surface area contributed by atoms with Crippen molar-refractivity contribution in [3.05, 3.63) is 0 Å². The molecule has 0 aromatic rings. The van der Waals surface area contributed by atoms with E-state index in [0.29, 0.717) is 6.42 Å². The van der Waals surface area contributed by atoms with E-state index in [1.165, 1.54) is 0 Å². The Labute approximate surface area is 86.8 Å². The number of carbonyl (C=O) groups is 2. The van der Waals surface area contributed by atoms with Crippen LogP contribution >= 0.6 is 0 Å². The number of cyclic esters (lactones) is 2. The second-order valence-electron chi connectivity index (χ2n) is 3.43. The number of ether oxygens (including phenoxy) is 2. The van der Waals surface area contributed by atoms with Crippen LogP contribution < -0.4 is 0 Å². The fourth-order valence-electron chi connectivity index (χ4n) is 1.30. The molecule has 1 saturated heterocycles. The molecular weight excluding hydrogens is 204 g/mol. The van der Waals surface area contributed by atoms with E-state index in [4.69, 9.17) is 4.74 Å². The van der Waals surface area contributed by atoms with Gasteiger partial charge in [-0.3, -0.25) is 9.59 Å². The van der Waals surface area contributed by atoms with Crippen molar-refractivity contribution in [1.82, 2.24) is 0 Å². The first-order valence-corrected chi connectivity index (χ1v) is 4.81. The second kappa shape index (κ2) is 4.59. The molecule has 0 bridgehead atoms. The lowest BCUT2D eigenvalue weighted by molar-refractivity contribution is -0.354. The lowest BCUT2D eigenvalue weighted by atomic mass is 10.1. The normalized spacial score (nSPS) is 25.4. The monoisotopic (exact) mass is 218 g/mol. The van der Waals surface area contributed by atoms with Gasteiger partial charge in [-0.05, 0) is 12.8 Å². The highest BCUT2D eigenvalue weighted by molar-refractivity contribution is 5.91. The number of esters is 2. The molecule has 0 aromatic carbocycles. The van der Waals surface area contributed by atoms with Crippen LogP contribution in [0.3, 0.4) is 0 Å². The highest BCUT2D eigenvalue weighted by atomic mass is 16.8. The summed E-state index contributed by atoms with van der Waals surface area (Å²) < 4.78 is 9.02. The fraction of sp³-hybridized carbons (Fsp3) is 0.778. The summed E-state index contributed by atoms with van der Waals surface area (Å²) in [6.07, 6.45) is -0.124. The Morgan fingerprint density at radius 2 is 2.07 bits per heavy atom. The van der Waals surface area contributed by atoms with Crippen molar-refractivity contribution in [3.63, 3.8) is 0 Å². The second-order valence-corrected chi connectivity index (χ2v) is 3.43. The third kappa shape index (κ3) is 3.17. The van der Waals surface area contributed by atoms with Crippen molar-refractivity contribution in [3.8, 4) is 0 Å². The van der Waals surface area contributed by atoms with Gasteiger partial charge >= 0.3 is 17.9 Å². The predicted molar refractivity (Wildman–Crippen MR) is 47.3 cm³/mol. The third-order valence-corrected chi connectivity index (χ3v) is 2.07. The van der Waals surface area contributed by atoms with Gasteiger partial charge in [-0.2, -0.15) is 0 Å². The molecule has 1 atom stereocenters. The first-order chi connectivity index (χ1) is 6.95. The van der Waals surface area contributed by atoms with Crippen LogP contribution in [0.5, 0.6) is 0 Å². The largest absolute Gasteiger partial charge is 0.452 e. The minimum absolute atomic E-state index is 0.239. The molecule has 1 fully saturated rings. The van der Waals surface area contributed by atoms with Gasteiger partial charge < -0.3 is 19.7 Å². The van der Waals surface area contributed by atoms with E-state index in [1.54, 1.807) is 0 Å². The van der Waals surface area contributed by atoms with Crippen LogP contribution in [-0.2, 0) is 19.1 Å². The van der Waals surface area contributed by atoms with Gasteiger partial charge in [0.25, 0.3) is 0 Å². The highest BCUT2D eigenvalue weighted by Gasteiger charge is 2.44. The van der Waals surface area contributed by atoms with Crippen LogP contribution in [0.2, 0.25) is 0 Å². The van der Waals surface area contributed by atoms with Crippen molar-refractivity contribution in [2.75, 3.05) is 0 Å². The molecule has 6 nitrogen and oxygen atoms in total. The Kier molecular flexibility index (Phi) is 3.65. The van der Waals surface area contributed by atoms with Crippen molar-refractivity contribution < 1.29 is 29.3 Å². The Bertz CT molecular complexity index is 259. The molecule has 0 aliphatic carbocycles. The molecule has 0 spiro atoms. The summed E-state index contributed by atoms with van der Waals surface area (Å²) in [6, 6.07) is 0. The van der Waals surface area contributed by atoms with Crippen molar-refractivity contribution in [2.45, 2.75) is 44.7 Å². The summed E-state index contributed by atoms with van der Waals surface area (Å²) in [5.74, 6) is -4.51. The first-order valence-electron chi connectivity index (χ1n) is 4.81. The van der Waals surface area contributed by atoms with E-state index < -0.39 is 30.4 Å². The van der Waals surface area contributed by atoms with Gasteiger partial charge in [0.2, 0.25) is 0 Å². The molecule has 15 heavy (non-hydrogen) atoms. The topological polar surface area (TPSA) is 93.1 Å². The van der Waals surface area contributed by atoms with E-state index in [2.05, 4.69) is 4.74 Å². The maximum atomic E-state index is 11.0. The molecule has 0 radical (unpaired) electrons. The molecule has 2 N–H and O–H groups in total. The summed E-state index contributed by atoms with van der Waals surface area (Å²) in [5, 5.41) is 18.7. The number of rotatable bonds is 3. The zero-order chi connectivity index (χ0) is 11.5. The zero-order valence-corrected chi connectivity index (χ0v) is 8.43. The van der Waals surface area contributed by atoms with Gasteiger partial charge in [-0.25, -0.2) is 0 Å². The van der Waals surface area contributed by atoms with Crippen LogP contribution in [0.4, 0.5) is 0 Å². The number of hydrogen-bond donors (Lipinski definition) is 2. The summed E-state index contributed by atoms with van der Waals surface area (Å²) in [7, 11) is 0. The van der Waals surface area contributed by atoms with Crippen LogP contribution in [0.1, 0.15) is 32.6 Å². The van der Waals surface area contributed by atoms with Crippen molar-refractivity contribution in [1.29, 1.82) is 0 Å².